The molecule has 206 valence electrons. The molecule has 0 unspecified atom stereocenters. The molecule has 0 aliphatic heterocycles. The van der Waals surface area contributed by atoms with E-state index in [-0.39, 0.29) is 24.2 Å². The van der Waals surface area contributed by atoms with Gasteiger partial charge in [0.25, 0.3) is 5.89 Å². The van der Waals surface area contributed by atoms with Gasteiger partial charge in [0.15, 0.2) is 5.58 Å². The summed E-state index contributed by atoms with van der Waals surface area (Å²) in [5, 5.41) is 5.60. The largest absolute Gasteiger partial charge is 0.450 e. The zero-order valence-corrected chi connectivity index (χ0v) is 22.5. The van der Waals surface area contributed by atoms with Crippen LogP contribution >= 0.6 is 0 Å². The molecule has 39 heavy (non-hydrogen) atoms. The van der Waals surface area contributed by atoms with E-state index in [2.05, 4.69) is 15.6 Å². The highest BCUT2D eigenvalue weighted by atomic mass is 16.5. The summed E-state index contributed by atoms with van der Waals surface area (Å²) < 4.78 is 10.7. The Morgan fingerprint density at radius 1 is 1.03 bits per heavy atom. The molecule has 0 radical (unpaired) electrons. The third-order valence-electron chi connectivity index (χ3n) is 6.96. The second-order valence-electron chi connectivity index (χ2n) is 9.77. The Hall–Kier alpha value is -4.01. The van der Waals surface area contributed by atoms with Gasteiger partial charge < -0.3 is 14.5 Å². The third-order valence-corrected chi connectivity index (χ3v) is 6.96. The topological polar surface area (TPSA) is 123 Å². The van der Waals surface area contributed by atoms with Crippen molar-refractivity contribution in [3.63, 3.8) is 0 Å². The molecule has 9 nitrogen and oxygen atoms in total. The van der Waals surface area contributed by atoms with Crippen LogP contribution in [0.2, 0.25) is 0 Å². The van der Waals surface area contributed by atoms with Crippen LogP contribution in [0.5, 0.6) is 0 Å². The van der Waals surface area contributed by atoms with Crippen LogP contribution in [0.4, 0.5) is 4.79 Å². The number of carbonyl (C=O) groups is 3. The second-order valence-corrected chi connectivity index (χ2v) is 9.77. The van der Waals surface area contributed by atoms with Crippen molar-refractivity contribution >= 4 is 34.7 Å². The van der Waals surface area contributed by atoms with E-state index >= 15 is 0 Å². The van der Waals surface area contributed by atoms with Crippen molar-refractivity contribution in [2.45, 2.75) is 70.9 Å². The number of amidine groups is 1. The lowest BCUT2D eigenvalue weighted by Gasteiger charge is -2.26. The van der Waals surface area contributed by atoms with Crippen molar-refractivity contribution in [1.29, 1.82) is 0 Å². The summed E-state index contributed by atoms with van der Waals surface area (Å²) in [7, 11) is 0. The molecule has 2 aromatic carbocycles. The van der Waals surface area contributed by atoms with Crippen LogP contribution in [0.1, 0.15) is 75.0 Å². The minimum atomic E-state index is -0.826. The van der Waals surface area contributed by atoms with Gasteiger partial charge in [-0.3, -0.25) is 19.9 Å². The number of Topliss-reactive ketones (excluding diaryl/α,β-unsaturated/α-hetero) is 1. The number of para-hydroxylation sites is 2. The van der Waals surface area contributed by atoms with Gasteiger partial charge in [-0.2, -0.15) is 0 Å². The fourth-order valence-corrected chi connectivity index (χ4v) is 4.90. The highest BCUT2D eigenvalue weighted by Crippen LogP contribution is 2.28. The smallest absolute Gasteiger partial charge is 0.412 e. The van der Waals surface area contributed by atoms with Crippen molar-refractivity contribution in [1.82, 2.24) is 15.6 Å². The van der Waals surface area contributed by atoms with Gasteiger partial charge in [0.05, 0.1) is 12.6 Å². The van der Waals surface area contributed by atoms with Gasteiger partial charge in [0, 0.05) is 5.56 Å². The highest BCUT2D eigenvalue weighted by molar-refractivity contribution is 6.07. The maximum atomic E-state index is 13.7. The molecule has 0 bridgehead atoms. The molecule has 2 atom stereocenters. The number of aliphatic imine (C=N–C) groups is 1. The number of aromatic nitrogens is 1. The van der Waals surface area contributed by atoms with Gasteiger partial charge in [0.2, 0.25) is 11.7 Å². The molecule has 1 aliphatic rings. The summed E-state index contributed by atoms with van der Waals surface area (Å²) in [6.45, 7) is 3.75. The minimum Gasteiger partial charge on any atom is -0.450 e. The quantitative estimate of drug-likeness (QED) is 0.204. The van der Waals surface area contributed by atoms with Crippen molar-refractivity contribution < 1.29 is 23.5 Å². The average Bonchev–Trinajstić information content (AvgIpc) is 3.40. The number of alkyl carbamates (subject to hydrolysis) is 1. The predicted molar refractivity (Wildman–Crippen MR) is 149 cm³/mol. The van der Waals surface area contributed by atoms with Crippen molar-refractivity contribution in [2.24, 2.45) is 10.9 Å². The molecular formula is C30H36N4O5. The van der Waals surface area contributed by atoms with Gasteiger partial charge in [-0.05, 0) is 37.8 Å². The van der Waals surface area contributed by atoms with Gasteiger partial charge in [-0.1, -0.05) is 81.5 Å². The molecule has 9 heteroatoms. The molecule has 4 rings (SSSR count). The number of oxazole rings is 1. The first-order valence-electron chi connectivity index (χ1n) is 13.8. The minimum absolute atomic E-state index is 0.0374. The Morgan fingerprint density at radius 3 is 2.44 bits per heavy atom. The molecular weight excluding hydrogens is 496 g/mol. The standard InChI is InChI=1S/C30H36N4O5/c1-3-22(26(35)29-33-23-17-11-12-18-25(23)39-29)32-28(36)24(19-20-13-7-5-8-14-20)31-27(34-30(37)38-4-2)21-15-9-6-10-16-21/h6,9-12,15-18,20,22,24H,3-5,7-8,13-14,19H2,1-2H3,(H,32,36)(H,31,34,37)/t22-,24-/m0/s1. The van der Waals surface area contributed by atoms with E-state index < -0.39 is 24.0 Å². The van der Waals surface area contributed by atoms with Gasteiger partial charge >= 0.3 is 6.09 Å². The number of nitrogens with one attached hydrogen (secondary N) is 2. The van der Waals surface area contributed by atoms with E-state index in [1.54, 1.807) is 19.1 Å². The summed E-state index contributed by atoms with van der Waals surface area (Å²) >= 11 is 0. The fraction of sp³-hybridized carbons (Fsp3) is 0.433. The summed E-state index contributed by atoms with van der Waals surface area (Å²) in [5.41, 5.74) is 1.75. The molecule has 1 fully saturated rings. The van der Waals surface area contributed by atoms with Gasteiger partial charge in [-0.15, -0.1) is 0 Å². The molecule has 1 aromatic heterocycles. The normalized spacial score (nSPS) is 15.9. The number of hydrogen-bond acceptors (Lipinski definition) is 7. The Balaban J connectivity index is 1.60. The van der Waals surface area contributed by atoms with E-state index in [0.29, 0.717) is 35.4 Å². The number of nitrogens with zero attached hydrogens (tertiary/aromatic N) is 2. The number of rotatable bonds is 10. The van der Waals surface area contributed by atoms with E-state index in [1.165, 1.54) is 6.42 Å². The Kier molecular flexibility index (Phi) is 9.83. The first-order valence-corrected chi connectivity index (χ1v) is 13.8. The Morgan fingerprint density at radius 2 is 1.74 bits per heavy atom. The van der Waals surface area contributed by atoms with Crippen molar-refractivity contribution in [3.8, 4) is 0 Å². The monoisotopic (exact) mass is 532 g/mol. The third kappa shape index (κ3) is 7.52. The lowest BCUT2D eigenvalue weighted by molar-refractivity contribution is -0.123. The van der Waals surface area contributed by atoms with Crippen LogP contribution in [-0.4, -0.2) is 47.3 Å². The molecule has 0 saturated heterocycles. The first-order chi connectivity index (χ1) is 19.0. The summed E-state index contributed by atoms with van der Waals surface area (Å²) in [4.78, 5) is 48.4. The van der Waals surface area contributed by atoms with Crippen molar-refractivity contribution in [3.05, 3.63) is 66.1 Å². The van der Waals surface area contributed by atoms with Crippen LogP contribution in [0.15, 0.2) is 64.0 Å². The fourth-order valence-electron chi connectivity index (χ4n) is 4.90. The Bertz CT molecular complexity index is 1260. The summed E-state index contributed by atoms with van der Waals surface area (Å²) in [6, 6.07) is 14.7. The predicted octanol–water partition coefficient (Wildman–Crippen LogP) is 5.44. The van der Waals surface area contributed by atoms with E-state index in [4.69, 9.17) is 14.1 Å². The van der Waals surface area contributed by atoms with Crippen LogP contribution in [-0.2, 0) is 9.53 Å². The molecule has 3 aromatic rings. The summed E-state index contributed by atoms with van der Waals surface area (Å²) in [5.74, 6) is -0.231. The van der Waals surface area contributed by atoms with Gasteiger partial charge in [-0.25, -0.2) is 9.78 Å². The molecule has 1 aliphatic carbocycles. The number of ketones is 1. The number of ether oxygens (including phenoxy) is 1. The van der Waals surface area contributed by atoms with Crippen LogP contribution in [0.25, 0.3) is 11.1 Å². The molecule has 0 spiro atoms. The second kappa shape index (κ2) is 13.7. The molecule has 1 heterocycles. The average molecular weight is 533 g/mol. The Labute approximate surface area is 228 Å². The lowest BCUT2D eigenvalue weighted by Crippen LogP contribution is -2.46. The molecule has 2 N–H and O–H groups in total. The zero-order valence-electron chi connectivity index (χ0n) is 22.5. The van der Waals surface area contributed by atoms with E-state index in [9.17, 15) is 14.4 Å². The highest BCUT2D eigenvalue weighted by Gasteiger charge is 2.30. The van der Waals surface area contributed by atoms with Gasteiger partial charge in [0.1, 0.15) is 17.4 Å². The number of carbonyl (C=O) groups excluding carboxylic acids is 3. The zero-order chi connectivity index (χ0) is 27.6. The summed E-state index contributed by atoms with van der Waals surface area (Å²) in [6.07, 6.45) is 5.68. The van der Waals surface area contributed by atoms with E-state index in [0.717, 1.165) is 25.7 Å². The first kappa shape index (κ1) is 28.0. The SMILES string of the molecule is CCOC(=O)NC(=N[C@@H](CC1CCCCC1)C(=O)N[C@@H](CC)C(=O)c1nc2ccccc2o1)c1ccccc1. The van der Waals surface area contributed by atoms with Crippen LogP contribution in [0.3, 0.4) is 0 Å². The lowest BCUT2D eigenvalue weighted by atomic mass is 9.84. The number of amides is 2. The van der Waals surface area contributed by atoms with Crippen LogP contribution in [0, 0.1) is 5.92 Å². The van der Waals surface area contributed by atoms with E-state index in [1.807, 2.05) is 49.4 Å². The maximum absolute atomic E-state index is 13.7. The maximum Gasteiger partial charge on any atom is 0.412 e. The molecule has 2 amide bonds. The van der Waals surface area contributed by atoms with Crippen LogP contribution < -0.4 is 10.6 Å². The number of fused-ring (bicyclic) bond motifs is 1. The molecule has 1 saturated carbocycles. The number of hydrogen-bond donors (Lipinski definition) is 2. The number of benzene rings is 2. The van der Waals surface area contributed by atoms with Crippen molar-refractivity contribution in [2.75, 3.05) is 6.61 Å².